The highest BCUT2D eigenvalue weighted by Gasteiger charge is 2.15. The summed E-state index contributed by atoms with van der Waals surface area (Å²) in [6.45, 7) is 8.23. The molecule has 0 aromatic heterocycles. The highest BCUT2D eigenvalue weighted by atomic mass is 16.5. The number of benzene rings is 1. The second kappa shape index (κ2) is 7.29. The van der Waals surface area contributed by atoms with Crippen molar-refractivity contribution in [1.82, 2.24) is 5.32 Å². The van der Waals surface area contributed by atoms with E-state index in [1.54, 1.807) is 0 Å². The number of anilines is 1. The quantitative estimate of drug-likeness (QED) is 0.812. The van der Waals surface area contributed by atoms with Crippen molar-refractivity contribution in [1.29, 1.82) is 0 Å². The van der Waals surface area contributed by atoms with Gasteiger partial charge in [-0.3, -0.25) is 4.79 Å². The molecule has 2 atom stereocenters. The van der Waals surface area contributed by atoms with Crippen molar-refractivity contribution in [3.05, 3.63) is 29.3 Å². The van der Waals surface area contributed by atoms with Crippen LogP contribution in [0.5, 0.6) is 0 Å². The van der Waals surface area contributed by atoms with Crippen molar-refractivity contribution in [2.75, 3.05) is 25.5 Å². The smallest absolute Gasteiger partial charge is 0.302 e. The lowest BCUT2D eigenvalue weighted by Gasteiger charge is -2.25. The Balaban J connectivity index is 2.77. The maximum absolute atomic E-state index is 10.9. The van der Waals surface area contributed by atoms with Gasteiger partial charge in [-0.1, -0.05) is 12.1 Å². The number of carbonyl (C=O) groups is 1. The van der Waals surface area contributed by atoms with E-state index in [1.807, 2.05) is 21.0 Å². The van der Waals surface area contributed by atoms with Crippen LogP contribution in [0.2, 0.25) is 0 Å². The molecule has 0 aliphatic heterocycles. The summed E-state index contributed by atoms with van der Waals surface area (Å²) >= 11 is 0. The van der Waals surface area contributed by atoms with Gasteiger partial charge in [-0.05, 0) is 38.0 Å². The van der Waals surface area contributed by atoms with Gasteiger partial charge >= 0.3 is 5.97 Å². The number of carbonyl (C=O) groups excluding carboxylic acids is 1. The number of nitrogens with zero attached hydrogens (tertiary/aromatic N) is 1. The first-order valence-corrected chi connectivity index (χ1v) is 7.00. The maximum Gasteiger partial charge on any atom is 0.302 e. The molecule has 0 fully saturated rings. The second-order valence-electron chi connectivity index (χ2n) is 5.45. The zero-order valence-electron chi connectivity index (χ0n) is 13.4. The van der Waals surface area contributed by atoms with E-state index in [9.17, 15) is 4.79 Å². The van der Waals surface area contributed by atoms with Crippen molar-refractivity contribution < 1.29 is 9.53 Å². The lowest BCUT2D eigenvalue weighted by Crippen LogP contribution is -2.31. The van der Waals surface area contributed by atoms with Gasteiger partial charge in [0.05, 0.1) is 0 Å². The topological polar surface area (TPSA) is 41.6 Å². The van der Waals surface area contributed by atoms with Gasteiger partial charge in [0, 0.05) is 39.3 Å². The van der Waals surface area contributed by atoms with Crippen LogP contribution in [-0.2, 0) is 9.53 Å². The molecule has 0 spiro atoms. The fraction of sp³-hybridized carbons (Fsp3) is 0.562. The Morgan fingerprint density at radius 1 is 1.35 bits per heavy atom. The molecular weight excluding hydrogens is 252 g/mol. The number of ether oxygens (including phenoxy) is 1. The average molecular weight is 278 g/mol. The third-order valence-electron chi connectivity index (χ3n) is 3.29. The molecule has 4 nitrogen and oxygen atoms in total. The van der Waals surface area contributed by atoms with Gasteiger partial charge in [0.1, 0.15) is 6.10 Å². The fourth-order valence-corrected chi connectivity index (χ4v) is 2.39. The Morgan fingerprint density at radius 3 is 2.55 bits per heavy atom. The summed E-state index contributed by atoms with van der Waals surface area (Å²) in [6, 6.07) is 6.51. The van der Waals surface area contributed by atoms with Gasteiger partial charge in [-0.25, -0.2) is 0 Å². The van der Waals surface area contributed by atoms with Crippen molar-refractivity contribution in [2.24, 2.45) is 0 Å². The van der Waals surface area contributed by atoms with Crippen molar-refractivity contribution in [3.63, 3.8) is 0 Å². The summed E-state index contributed by atoms with van der Waals surface area (Å²) in [5.41, 5.74) is 3.76. The van der Waals surface area contributed by atoms with E-state index in [1.165, 1.54) is 23.7 Å². The van der Waals surface area contributed by atoms with Gasteiger partial charge in [0.15, 0.2) is 0 Å². The molecule has 20 heavy (non-hydrogen) atoms. The molecule has 112 valence electrons. The third-order valence-corrected chi connectivity index (χ3v) is 3.29. The van der Waals surface area contributed by atoms with Crippen LogP contribution in [0.25, 0.3) is 0 Å². The molecule has 2 unspecified atom stereocenters. The average Bonchev–Trinajstić information content (AvgIpc) is 2.34. The zero-order chi connectivity index (χ0) is 15.3. The Kier molecular flexibility index (Phi) is 6.02. The molecule has 0 aliphatic rings. The predicted molar refractivity (Wildman–Crippen MR) is 83.2 cm³/mol. The summed E-state index contributed by atoms with van der Waals surface area (Å²) < 4.78 is 5.13. The summed E-state index contributed by atoms with van der Waals surface area (Å²) in [5, 5.41) is 3.44. The van der Waals surface area contributed by atoms with Crippen LogP contribution in [0.3, 0.4) is 0 Å². The van der Waals surface area contributed by atoms with E-state index >= 15 is 0 Å². The van der Waals surface area contributed by atoms with Gasteiger partial charge in [0.2, 0.25) is 0 Å². The van der Waals surface area contributed by atoms with Crippen LogP contribution in [0.15, 0.2) is 18.2 Å². The minimum Gasteiger partial charge on any atom is -0.462 e. The van der Waals surface area contributed by atoms with E-state index in [0.717, 1.165) is 0 Å². The number of hydrogen-bond donors (Lipinski definition) is 1. The van der Waals surface area contributed by atoms with Crippen LogP contribution in [0.1, 0.15) is 37.9 Å². The molecule has 1 aromatic carbocycles. The van der Waals surface area contributed by atoms with Crippen LogP contribution < -0.4 is 10.2 Å². The zero-order valence-corrected chi connectivity index (χ0v) is 13.4. The molecule has 0 radical (unpaired) electrons. The first-order chi connectivity index (χ1) is 9.32. The molecule has 0 amide bonds. The lowest BCUT2D eigenvalue weighted by molar-refractivity contribution is -0.145. The van der Waals surface area contributed by atoms with E-state index < -0.39 is 0 Å². The summed E-state index contributed by atoms with van der Waals surface area (Å²) in [5.74, 6) is -0.239. The molecule has 0 bridgehead atoms. The molecule has 0 saturated carbocycles. The number of rotatable bonds is 6. The monoisotopic (exact) mass is 278 g/mol. The summed E-state index contributed by atoms with van der Waals surface area (Å²) in [7, 11) is 4.10. The van der Waals surface area contributed by atoms with E-state index in [0.29, 0.717) is 6.54 Å². The highest BCUT2D eigenvalue weighted by Crippen LogP contribution is 2.28. The fourth-order valence-electron chi connectivity index (χ4n) is 2.39. The van der Waals surface area contributed by atoms with Crippen LogP contribution in [0, 0.1) is 6.92 Å². The second-order valence-corrected chi connectivity index (χ2v) is 5.45. The SMILES string of the molecule is CC(=O)OC(C)CNC(C)c1c(C)cccc1N(C)C. The van der Waals surface area contributed by atoms with Gasteiger partial charge in [0.25, 0.3) is 0 Å². The van der Waals surface area contributed by atoms with Crippen LogP contribution in [0.4, 0.5) is 5.69 Å². The van der Waals surface area contributed by atoms with E-state index in [-0.39, 0.29) is 18.1 Å². The highest BCUT2D eigenvalue weighted by molar-refractivity contribution is 5.66. The minimum atomic E-state index is -0.239. The Morgan fingerprint density at radius 2 is 2.00 bits per heavy atom. The summed E-state index contributed by atoms with van der Waals surface area (Å²) in [6.07, 6.45) is -0.123. The molecule has 1 N–H and O–H groups in total. The van der Waals surface area contributed by atoms with Crippen molar-refractivity contribution in [3.8, 4) is 0 Å². The number of esters is 1. The molecule has 4 heteroatoms. The molecule has 1 aromatic rings. The van der Waals surface area contributed by atoms with Gasteiger partial charge < -0.3 is 15.0 Å². The standard InChI is InChI=1S/C16H26N2O2/c1-11-8-7-9-15(18(5)6)16(11)13(3)17-10-12(2)20-14(4)19/h7-9,12-13,17H,10H2,1-6H3. The number of aryl methyl sites for hydroxylation is 1. The Labute approximate surface area is 122 Å². The Bertz CT molecular complexity index is 458. The van der Waals surface area contributed by atoms with Crippen LogP contribution in [-0.4, -0.2) is 32.7 Å². The first kappa shape index (κ1) is 16.5. The molecule has 1 rings (SSSR count). The van der Waals surface area contributed by atoms with Crippen molar-refractivity contribution in [2.45, 2.75) is 39.8 Å². The Hall–Kier alpha value is -1.55. The van der Waals surface area contributed by atoms with Crippen molar-refractivity contribution >= 4 is 11.7 Å². The predicted octanol–water partition coefficient (Wildman–Crippen LogP) is 2.66. The van der Waals surface area contributed by atoms with Gasteiger partial charge in [-0.15, -0.1) is 0 Å². The maximum atomic E-state index is 10.9. The molecule has 0 aliphatic carbocycles. The van der Waals surface area contributed by atoms with E-state index in [4.69, 9.17) is 4.74 Å². The lowest BCUT2D eigenvalue weighted by atomic mass is 9.99. The normalized spacial score (nSPS) is 13.7. The number of hydrogen-bond acceptors (Lipinski definition) is 4. The van der Waals surface area contributed by atoms with Crippen LogP contribution >= 0.6 is 0 Å². The first-order valence-electron chi connectivity index (χ1n) is 7.00. The summed E-state index contributed by atoms with van der Waals surface area (Å²) in [4.78, 5) is 13.0. The third kappa shape index (κ3) is 4.53. The molecule has 0 saturated heterocycles. The number of nitrogens with one attached hydrogen (secondary N) is 1. The molecule has 0 heterocycles. The minimum absolute atomic E-state index is 0.123. The van der Waals surface area contributed by atoms with E-state index in [2.05, 4.69) is 42.3 Å². The molecular formula is C16H26N2O2. The largest absolute Gasteiger partial charge is 0.462 e. The van der Waals surface area contributed by atoms with Gasteiger partial charge in [-0.2, -0.15) is 0 Å².